The summed E-state index contributed by atoms with van der Waals surface area (Å²) < 4.78 is 0. The van der Waals surface area contributed by atoms with Gasteiger partial charge in [0.25, 0.3) is 0 Å². The first-order valence-corrected chi connectivity index (χ1v) is 6.84. The number of halogens is 3. The van der Waals surface area contributed by atoms with Crippen LogP contribution in [0.25, 0.3) is 0 Å². The van der Waals surface area contributed by atoms with Gasteiger partial charge in [-0.1, -0.05) is 41.4 Å². The summed E-state index contributed by atoms with van der Waals surface area (Å²) in [7, 11) is 4.01. The molecule has 0 aliphatic heterocycles. The highest BCUT2D eigenvalue weighted by Crippen LogP contribution is 2.42. The van der Waals surface area contributed by atoms with Gasteiger partial charge in [-0.15, -0.1) is 11.6 Å². The number of allylic oxidation sites excluding steroid dienone is 4. The number of nitrogens with zero attached hydrogens (tertiary/aromatic N) is 1. The van der Waals surface area contributed by atoms with Gasteiger partial charge in [0, 0.05) is 35.8 Å². The van der Waals surface area contributed by atoms with Crippen LogP contribution < -0.4 is 4.90 Å². The fourth-order valence-electron chi connectivity index (χ4n) is 2.15. The topological polar surface area (TPSA) is 3.24 Å². The molecule has 0 saturated heterocycles. The maximum atomic E-state index is 6.38. The summed E-state index contributed by atoms with van der Waals surface area (Å²) in [6.45, 7) is 0. The third kappa shape index (κ3) is 2.69. The van der Waals surface area contributed by atoms with Crippen LogP contribution in [0.3, 0.4) is 0 Å². The largest absolute Gasteiger partial charge is 0.377 e. The maximum Gasteiger partial charge on any atom is 0.0651 e. The molecule has 0 saturated carbocycles. The van der Waals surface area contributed by atoms with Crippen molar-refractivity contribution in [2.75, 3.05) is 19.0 Å². The Balaban J connectivity index is 2.47. The second-order valence-corrected chi connectivity index (χ2v) is 5.83. The summed E-state index contributed by atoms with van der Waals surface area (Å²) in [5.74, 6) is -0.0468. The molecule has 0 spiro atoms. The van der Waals surface area contributed by atoms with Gasteiger partial charge in [-0.05, 0) is 23.8 Å². The molecule has 0 aromatic heterocycles. The molecule has 0 radical (unpaired) electrons. The number of hydrogen-bond acceptors (Lipinski definition) is 1. The molecule has 1 nitrogen and oxygen atoms in total. The summed E-state index contributed by atoms with van der Waals surface area (Å²) in [4.78, 5) is 2.06. The van der Waals surface area contributed by atoms with Gasteiger partial charge in [0.05, 0.1) is 5.38 Å². The number of benzene rings is 1. The summed E-state index contributed by atoms with van der Waals surface area (Å²) in [5.41, 5.74) is 2.23. The second kappa shape index (κ2) is 5.56. The summed E-state index contributed by atoms with van der Waals surface area (Å²) in [5, 5.41) is 1.05. The van der Waals surface area contributed by atoms with Crippen molar-refractivity contribution < 1.29 is 0 Å². The first-order valence-electron chi connectivity index (χ1n) is 5.65. The van der Waals surface area contributed by atoms with E-state index in [2.05, 4.69) is 17.0 Å². The SMILES string of the molecule is CN(C)c1ccccc1C1C(Cl)=CC(Cl)=CC1Cl. The molecule has 0 amide bonds. The average molecular weight is 303 g/mol. The van der Waals surface area contributed by atoms with E-state index in [0.29, 0.717) is 10.1 Å². The molecule has 0 bridgehead atoms. The third-order valence-electron chi connectivity index (χ3n) is 2.96. The van der Waals surface area contributed by atoms with Crippen LogP contribution in [0.4, 0.5) is 5.69 Å². The molecular formula is C14H14Cl3N. The second-order valence-electron chi connectivity index (χ2n) is 4.46. The van der Waals surface area contributed by atoms with E-state index in [9.17, 15) is 0 Å². The van der Waals surface area contributed by atoms with E-state index >= 15 is 0 Å². The predicted octanol–water partition coefficient (Wildman–Crippen LogP) is 4.70. The molecule has 1 aliphatic rings. The van der Waals surface area contributed by atoms with Gasteiger partial charge in [-0.2, -0.15) is 0 Å². The van der Waals surface area contributed by atoms with Crippen LogP contribution in [0.1, 0.15) is 11.5 Å². The van der Waals surface area contributed by atoms with Crippen molar-refractivity contribution in [2.45, 2.75) is 11.3 Å². The van der Waals surface area contributed by atoms with Gasteiger partial charge in [0.1, 0.15) is 0 Å². The Morgan fingerprint density at radius 1 is 1.11 bits per heavy atom. The Morgan fingerprint density at radius 3 is 2.39 bits per heavy atom. The molecule has 4 heteroatoms. The van der Waals surface area contributed by atoms with Crippen LogP contribution in [-0.2, 0) is 0 Å². The van der Waals surface area contributed by atoms with Crippen molar-refractivity contribution in [3.05, 3.63) is 52.0 Å². The van der Waals surface area contributed by atoms with E-state index in [-0.39, 0.29) is 11.3 Å². The van der Waals surface area contributed by atoms with E-state index in [1.165, 1.54) is 0 Å². The Kier molecular flexibility index (Phi) is 4.26. The number of anilines is 1. The van der Waals surface area contributed by atoms with E-state index in [4.69, 9.17) is 34.8 Å². The molecule has 18 heavy (non-hydrogen) atoms. The average Bonchev–Trinajstić information content (AvgIpc) is 2.28. The van der Waals surface area contributed by atoms with Crippen molar-refractivity contribution in [3.8, 4) is 0 Å². The quantitative estimate of drug-likeness (QED) is 0.716. The van der Waals surface area contributed by atoms with E-state index in [1.807, 2.05) is 32.3 Å². The molecule has 1 aromatic rings. The number of hydrogen-bond donors (Lipinski definition) is 0. The fourth-order valence-corrected chi connectivity index (χ4v) is 3.36. The molecule has 2 atom stereocenters. The standard InChI is InChI=1S/C14H14Cl3N/c1-18(2)13-6-4-3-5-10(13)14-11(16)7-9(15)8-12(14)17/h3-8,11,14H,1-2H3. The zero-order valence-electron chi connectivity index (χ0n) is 10.2. The Bertz CT molecular complexity index is 506. The van der Waals surface area contributed by atoms with Crippen molar-refractivity contribution in [2.24, 2.45) is 0 Å². The van der Waals surface area contributed by atoms with Crippen molar-refractivity contribution >= 4 is 40.5 Å². The molecule has 1 aliphatic carbocycles. The molecule has 0 heterocycles. The highest BCUT2D eigenvalue weighted by molar-refractivity contribution is 6.37. The monoisotopic (exact) mass is 301 g/mol. The van der Waals surface area contributed by atoms with Gasteiger partial charge >= 0.3 is 0 Å². The first-order chi connectivity index (χ1) is 8.50. The lowest BCUT2D eigenvalue weighted by Crippen LogP contribution is -2.19. The lowest BCUT2D eigenvalue weighted by atomic mass is 9.90. The zero-order chi connectivity index (χ0) is 13.3. The van der Waals surface area contributed by atoms with Crippen LogP contribution in [0, 0.1) is 0 Å². The Labute approximate surface area is 123 Å². The minimum atomic E-state index is -0.226. The van der Waals surface area contributed by atoms with Crippen LogP contribution >= 0.6 is 34.8 Å². The van der Waals surface area contributed by atoms with E-state index in [0.717, 1.165) is 11.3 Å². The molecule has 1 aromatic carbocycles. The smallest absolute Gasteiger partial charge is 0.0651 e. The van der Waals surface area contributed by atoms with Gasteiger partial charge in [-0.25, -0.2) is 0 Å². The minimum absolute atomic E-state index is 0.0468. The highest BCUT2D eigenvalue weighted by Gasteiger charge is 2.28. The van der Waals surface area contributed by atoms with E-state index < -0.39 is 0 Å². The molecule has 2 rings (SSSR count). The van der Waals surface area contributed by atoms with Gasteiger partial charge in [0.2, 0.25) is 0 Å². The van der Waals surface area contributed by atoms with Crippen LogP contribution in [-0.4, -0.2) is 19.5 Å². The number of para-hydroxylation sites is 1. The lowest BCUT2D eigenvalue weighted by Gasteiger charge is -2.28. The Morgan fingerprint density at radius 2 is 1.78 bits per heavy atom. The summed E-state index contributed by atoms with van der Waals surface area (Å²) >= 11 is 18.7. The zero-order valence-corrected chi connectivity index (χ0v) is 12.5. The summed E-state index contributed by atoms with van der Waals surface area (Å²) in [6, 6.07) is 8.11. The molecule has 0 N–H and O–H groups in total. The van der Waals surface area contributed by atoms with Crippen LogP contribution in [0.15, 0.2) is 46.5 Å². The van der Waals surface area contributed by atoms with Crippen molar-refractivity contribution in [1.29, 1.82) is 0 Å². The van der Waals surface area contributed by atoms with Crippen LogP contribution in [0.5, 0.6) is 0 Å². The number of rotatable bonds is 2. The van der Waals surface area contributed by atoms with Crippen LogP contribution in [0.2, 0.25) is 0 Å². The molecule has 0 fully saturated rings. The normalized spacial score (nSPS) is 23.4. The van der Waals surface area contributed by atoms with Gasteiger partial charge in [-0.3, -0.25) is 0 Å². The molecular weight excluding hydrogens is 289 g/mol. The third-order valence-corrected chi connectivity index (χ3v) is 3.92. The molecule has 2 unspecified atom stereocenters. The predicted molar refractivity (Wildman–Crippen MR) is 81.0 cm³/mol. The minimum Gasteiger partial charge on any atom is -0.377 e. The first kappa shape index (κ1) is 13.8. The molecule has 96 valence electrons. The lowest BCUT2D eigenvalue weighted by molar-refractivity contribution is 0.837. The summed E-state index contributed by atoms with van der Waals surface area (Å²) in [6.07, 6.45) is 3.59. The highest BCUT2D eigenvalue weighted by atomic mass is 35.5. The van der Waals surface area contributed by atoms with Crippen molar-refractivity contribution in [3.63, 3.8) is 0 Å². The number of alkyl halides is 1. The maximum absolute atomic E-state index is 6.38. The fraction of sp³-hybridized carbons (Fsp3) is 0.286. The van der Waals surface area contributed by atoms with E-state index in [1.54, 1.807) is 6.08 Å². The van der Waals surface area contributed by atoms with Gasteiger partial charge in [0.15, 0.2) is 0 Å². The van der Waals surface area contributed by atoms with Gasteiger partial charge < -0.3 is 4.90 Å². The van der Waals surface area contributed by atoms with Crippen molar-refractivity contribution in [1.82, 2.24) is 0 Å². The Hall–Kier alpha value is -0.630.